The quantitative estimate of drug-likeness (QED) is 0.293. The second kappa shape index (κ2) is 9.14. The molecule has 0 aliphatic carbocycles. The average Bonchev–Trinajstić information content (AvgIpc) is 3.09. The van der Waals surface area contributed by atoms with E-state index in [1.807, 2.05) is 26.8 Å². The SMILES string of the molecule is COc1ccc(/C(O)=C2/C(=O)C(=O)N(c3cccc(C)c3)C2c2ccc(F)cc2)cc1C(C)C. The third-order valence-electron chi connectivity index (χ3n) is 6.04. The molecule has 3 aromatic rings. The molecule has 0 spiro atoms. The number of aliphatic hydroxyl groups excluding tert-OH is 1. The summed E-state index contributed by atoms with van der Waals surface area (Å²) in [4.78, 5) is 27.9. The second-order valence-electron chi connectivity index (χ2n) is 8.67. The monoisotopic (exact) mass is 459 g/mol. The molecule has 1 saturated heterocycles. The van der Waals surface area contributed by atoms with Gasteiger partial charge in [0, 0.05) is 11.3 Å². The Morgan fingerprint density at radius 2 is 1.74 bits per heavy atom. The molecule has 34 heavy (non-hydrogen) atoms. The van der Waals surface area contributed by atoms with Gasteiger partial charge in [0.15, 0.2) is 0 Å². The number of nitrogens with zero attached hydrogens (tertiary/aromatic N) is 1. The zero-order chi connectivity index (χ0) is 24.6. The minimum absolute atomic E-state index is 0.0435. The highest BCUT2D eigenvalue weighted by Gasteiger charge is 2.47. The number of amides is 1. The largest absolute Gasteiger partial charge is 0.507 e. The van der Waals surface area contributed by atoms with E-state index in [0.717, 1.165) is 11.1 Å². The van der Waals surface area contributed by atoms with Crippen molar-refractivity contribution in [1.29, 1.82) is 0 Å². The topological polar surface area (TPSA) is 66.8 Å². The Morgan fingerprint density at radius 1 is 1.03 bits per heavy atom. The van der Waals surface area contributed by atoms with Gasteiger partial charge in [0.05, 0.1) is 18.7 Å². The zero-order valence-corrected chi connectivity index (χ0v) is 19.5. The number of ketones is 1. The Bertz CT molecular complexity index is 1290. The molecule has 1 aliphatic heterocycles. The van der Waals surface area contributed by atoms with Crippen LogP contribution >= 0.6 is 0 Å². The Hall–Kier alpha value is -3.93. The summed E-state index contributed by atoms with van der Waals surface area (Å²) in [6, 6.07) is 17.0. The lowest BCUT2D eigenvalue weighted by Crippen LogP contribution is -2.29. The third kappa shape index (κ3) is 4.07. The summed E-state index contributed by atoms with van der Waals surface area (Å²) >= 11 is 0. The molecule has 4 rings (SSSR count). The summed E-state index contributed by atoms with van der Waals surface area (Å²) in [5.74, 6) is -1.50. The van der Waals surface area contributed by atoms with E-state index >= 15 is 0 Å². The van der Waals surface area contributed by atoms with Gasteiger partial charge in [0.25, 0.3) is 11.7 Å². The van der Waals surface area contributed by atoms with Gasteiger partial charge in [-0.15, -0.1) is 0 Å². The summed E-state index contributed by atoms with van der Waals surface area (Å²) < 4.78 is 19.1. The van der Waals surface area contributed by atoms with Crippen molar-refractivity contribution in [2.24, 2.45) is 0 Å². The van der Waals surface area contributed by atoms with Gasteiger partial charge in [0.2, 0.25) is 0 Å². The minimum atomic E-state index is -0.910. The highest BCUT2D eigenvalue weighted by molar-refractivity contribution is 6.51. The van der Waals surface area contributed by atoms with Crippen LogP contribution in [-0.4, -0.2) is 23.9 Å². The maximum absolute atomic E-state index is 13.7. The number of methoxy groups -OCH3 is 1. The third-order valence-corrected chi connectivity index (χ3v) is 6.04. The number of hydrogen-bond donors (Lipinski definition) is 1. The molecule has 1 N–H and O–H groups in total. The van der Waals surface area contributed by atoms with Crippen molar-refractivity contribution in [1.82, 2.24) is 0 Å². The van der Waals surface area contributed by atoms with Crippen molar-refractivity contribution in [3.8, 4) is 5.75 Å². The first-order valence-corrected chi connectivity index (χ1v) is 11.0. The van der Waals surface area contributed by atoms with Crippen LogP contribution in [0.3, 0.4) is 0 Å². The molecule has 0 bridgehead atoms. The molecule has 6 heteroatoms. The van der Waals surface area contributed by atoms with E-state index in [2.05, 4.69) is 0 Å². The Labute approximate surface area is 198 Å². The van der Waals surface area contributed by atoms with E-state index in [1.54, 1.807) is 43.5 Å². The fourth-order valence-corrected chi connectivity index (χ4v) is 4.33. The maximum atomic E-state index is 13.7. The van der Waals surface area contributed by atoms with E-state index in [-0.39, 0.29) is 17.3 Å². The molecule has 1 amide bonds. The van der Waals surface area contributed by atoms with Gasteiger partial charge < -0.3 is 9.84 Å². The van der Waals surface area contributed by atoms with Crippen LogP contribution in [-0.2, 0) is 9.59 Å². The Kier molecular flexibility index (Phi) is 6.24. The van der Waals surface area contributed by atoms with Gasteiger partial charge in [-0.2, -0.15) is 0 Å². The van der Waals surface area contributed by atoms with Gasteiger partial charge in [-0.3, -0.25) is 14.5 Å². The van der Waals surface area contributed by atoms with Crippen LogP contribution in [0.25, 0.3) is 5.76 Å². The highest BCUT2D eigenvalue weighted by atomic mass is 19.1. The van der Waals surface area contributed by atoms with Crippen LogP contribution in [0.1, 0.15) is 48.1 Å². The van der Waals surface area contributed by atoms with Crippen LogP contribution in [0.4, 0.5) is 10.1 Å². The molecule has 0 radical (unpaired) electrons. The number of aliphatic hydroxyl groups is 1. The van der Waals surface area contributed by atoms with Crippen molar-refractivity contribution < 1.29 is 23.8 Å². The lowest BCUT2D eigenvalue weighted by atomic mass is 9.93. The van der Waals surface area contributed by atoms with Crippen LogP contribution in [0.2, 0.25) is 0 Å². The first-order chi connectivity index (χ1) is 16.2. The zero-order valence-electron chi connectivity index (χ0n) is 19.5. The molecule has 1 atom stereocenters. The fourth-order valence-electron chi connectivity index (χ4n) is 4.33. The van der Waals surface area contributed by atoms with E-state index in [9.17, 15) is 19.1 Å². The summed E-state index contributed by atoms with van der Waals surface area (Å²) in [6.45, 7) is 5.88. The van der Waals surface area contributed by atoms with Crippen molar-refractivity contribution >= 4 is 23.1 Å². The van der Waals surface area contributed by atoms with E-state index in [1.165, 1.54) is 29.2 Å². The van der Waals surface area contributed by atoms with Gasteiger partial charge in [0.1, 0.15) is 17.3 Å². The maximum Gasteiger partial charge on any atom is 0.300 e. The molecule has 0 saturated carbocycles. The molecule has 1 unspecified atom stereocenters. The average molecular weight is 460 g/mol. The summed E-state index contributed by atoms with van der Waals surface area (Å²) in [7, 11) is 1.57. The summed E-state index contributed by atoms with van der Waals surface area (Å²) in [5.41, 5.74) is 3.16. The second-order valence-corrected chi connectivity index (χ2v) is 8.67. The number of benzene rings is 3. The van der Waals surface area contributed by atoms with E-state index in [0.29, 0.717) is 22.6 Å². The predicted octanol–water partition coefficient (Wildman–Crippen LogP) is 5.89. The number of ether oxygens (including phenoxy) is 1. The number of halogens is 1. The number of carbonyl (C=O) groups excluding carboxylic acids is 2. The Morgan fingerprint density at radius 3 is 2.35 bits per heavy atom. The van der Waals surface area contributed by atoms with E-state index < -0.39 is 23.5 Å². The number of Topliss-reactive ketones (excluding diaryl/α,β-unsaturated/α-hetero) is 1. The summed E-state index contributed by atoms with van der Waals surface area (Å²) in [5, 5.41) is 11.3. The lowest BCUT2D eigenvalue weighted by Gasteiger charge is -2.26. The molecule has 174 valence electrons. The van der Waals surface area contributed by atoms with Crippen LogP contribution < -0.4 is 9.64 Å². The minimum Gasteiger partial charge on any atom is -0.507 e. The molecule has 5 nitrogen and oxygen atoms in total. The molecule has 1 fully saturated rings. The van der Waals surface area contributed by atoms with Gasteiger partial charge in [-0.05, 0) is 72.0 Å². The normalized spacial score (nSPS) is 17.5. The lowest BCUT2D eigenvalue weighted by molar-refractivity contribution is -0.132. The van der Waals surface area contributed by atoms with E-state index in [4.69, 9.17) is 4.74 Å². The number of hydrogen-bond acceptors (Lipinski definition) is 4. The van der Waals surface area contributed by atoms with Crippen LogP contribution in [0.5, 0.6) is 5.75 Å². The van der Waals surface area contributed by atoms with Crippen molar-refractivity contribution in [2.45, 2.75) is 32.7 Å². The van der Waals surface area contributed by atoms with Crippen molar-refractivity contribution in [3.63, 3.8) is 0 Å². The molecule has 1 aliphatic rings. The number of aryl methyl sites for hydroxylation is 1. The standard InChI is InChI=1S/C28H26FNO4/c1-16(2)22-15-19(10-13-23(22)34-4)26(31)24-25(18-8-11-20(29)12-9-18)30(28(33)27(24)32)21-7-5-6-17(3)14-21/h5-16,25,31H,1-4H3/b26-24-. The Balaban J connectivity index is 1.95. The van der Waals surface area contributed by atoms with Crippen LogP contribution in [0, 0.1) is 12.7 Å². The highest BCUT2D eigenvalue weighted by Crippen LogP contribution is 2.43. The molecule has 1 heterocycles. The number of carbonyl (C=O) groups is 2. The molecule has 3 aromatic carbocycles. The van der Waals surface area contributed by atoms with Crippen molar-refractivity contribution in [3.05, 3.63) is 100 Å². The first kappa shape index (κ1) is 23.2. The van der Waals surface area contributed by atoms with Gasteiger partial charge in [-0.25, -0.2) is 4.39 Å². The smallest absolute Gasteiger partial charge is 0.300 e. The predicted molar refractivity (Wildman–Crippen MR) is 129 cm³/mol. The van der Waals surface area contributed by atoms with Crippen LogP contribution in [0.15, 0.2) is 72.3 Å². The molecular formula is C28H26FNO4. The van der Waals surface area contributed by atoms with Gasteiger partial charge >= 0.3 is 0 Å². The molecule has 0 aromatic heterocycles. The first-order valence-electron chi connectivity index (χ1n) is 11.0. The fraction of sp³-hybridized carbons (Fsp3) is 0.214. The summed E-state index contributed by atoms with van der Waals surface area (Å²) in [6.07, 6.45) is 0. The number of rotatable bonds is 5. The van der Waals surface area contributed by atoms with Gasteiger partial charge in [-0.1, -0.05) is 38.1 Å². The number of anilines is 1. The molecular weight excluding hydrogens is 433 g/mol. The van der Waals surface area contributed by atoms with Crippen molar-refractivity contribution in [2.75, 3.05) is 12.0 Å².